The molecule has 1 unspecified atom stereocenters. The zero-order chi connectivity index (χ0) is 11.4. The second-order valence-electron chi connectivity index (χ2n) is 3.63. The van der Waals surface area contributed by atoms with Crippen LogP contribution in [0.15, 0.2) is 54.6 Å². The number of aliphatic hydroxyl groups is 1. The molecular formula is C14H14O2. The molecule has 0 aliphatic carbocycles. The number of ether oxygens (including phenoxy) is 1. The van der Waals surface area contributed by atoms with Gasteiger partial charge in [0.25, 0.3) is 0 Å². The SMILES string of the molecule is CC(O)c1ccccc1Oc1ccccc1. The minimum absolute atomic E-state index is 0.528. The topological polar surface area (TPSA) is 29.5 Å². The van der Waals surface area contributed by atoms with Gasteiger partial charge < -0.3 is 9.84 Å². The molecule has 0 saturated carbocycles. The number of hydrogen-bond acceptors (Lipinski definition) is 2. The molecule has 0 heterocycles. The fourth-order valence-corrected chi connectivity index (χ4v) is 1.53. The summed E-state index contributed by atoms with van der Waals surface area (Å²) in [5.41, 5.74) is 0.798. The van der Waals surface area contributed by atoms with E-state index in [2.05, 4.69) is 0 Å². The summed E-state index contributed by atoms with van der Waals surface area (Å²) in [6, 6.07) is 17.0. The van der Waals surface area contributed by atoms with E-state index >= 15 is 0 Å². The van der Waals surface area contributed by atoms with Crippen molar-refractivity contribution in [2.75, 3.05) is 0 Å². The third-order valence-electron chi connectivity index (χ3n) is 2.34. The highest BCUT2D eigenvalue weighted by Gasteiger charge is 2.08. The summed E-state index contributed by atoms with van der Waals surface area (Å²) in [5.74, 6) is 1.47. The van der Waals surface area contributed by atoms with Gasteiger partial charge in [-0.25, -0.2) is 0 Å². The van der Waals surface area contributed by atoms with E-state index in [1.54, 1.807) is 6.92 Å². The van der Waals surface area contributed by atoms with Crippen LogP contribution in [0.1, 0.15) is 18.6 Å². The Balaban J connectivity index is 2.28. The molecule has 1 N–H and O–H groups in total. The predicted molar refractivity (Wildman–Crippen MR) is 63.6 cm³/mol. The van der Waals surface area contributed by atoms with Gasteiger partial charge in [0.05, 0.1) is 6.10 Å². The quantitative estimate of drug-likeness (QED) is 0.846. The minimum atomic E-state index is -0.528. The van der Waals surface area contributed by atoms with Crippen LogP contribution in [0.4, 0.5) is 0 Å². The lowest BCUT2D eigenvalue weighted by molar-refractivity contribution is 0.195. The Morgan fingerprint density at radius 3 is 2.25 bits per heavy atom. The van der Waals surface area contributed by atoms with Crippen molar-refractivity contribution in [3.8, 4) is 11.5 Å². The molecule has 0 bridgehead atoms. The summed E-state index contributed by atoms with van der Waals surface area (Å²) in [7, 11) is 0. The van der Waals surface area contributed by atoms with E-state index in [1.165, 1.54) is 0 Å². The summed E-state index contributed by atoms with van der Waals surface area (Å²) in [5, 5.41) is 9.60. The van der Waals surface area contributed by atoms with Gasteiger partial charge in [0.2, 0.25) is 0 Å². The molecule has 0 saturated heterocycles. The lowest BCUT2D eigenvalue weighted by atomic mass is 10.1. The highest BCUT2D eigenvalue weighted by atomic mass is 16.5. The minimum Gasteiger partial charge on any atom is -0.457 e. The standard InChI is InChI=1S/C14H14O2/c1-11(15)13-9-5-6-10-14(13)16-12-7-3-2-4-8-12/h2-11,15H,1H3. The number of rotatable bonds is 3. The van der Waals surface area contributed by atoms with E-state index in [9.17, 15) is 5.11 Å². The first-order valence-electron chi connectivity index (χ1n) is 5.27. The van der Waals surface area contributed by atoms with Crippen LogP contribution in [0, 0.1) is 0 Å². The van der Waals surface area contributed by atoms with Crippen molar-refractivity contribution in [2.24, 2.45) is 0 Å². The van der Waals surface area contributed by atoms with Crippen molar-refractivity contribution >= 4 is 0 Å². The third kappa shape index (κ3) is 2.41. The van der Waals surface area contributed by atoms with Gasteiger partial charge in [-0.05, 0) is 25.1 Å². The fourth-order valence-electron chi connectivity index (χ4n) is 1.53. The molecule has 0 aromatic heterocycles. The number of para-hydroxylation sites is 2. The molecule has 82 valence electrons. The summed E-state index contributed by atoms with van der Waals surface area (Å²) < 4.78 is 5.71. The van der Waals surface area contributed by atoms with E-state index < -0.39 is 6.10 Å². The van der Waals surface area contributed by atoms with Crippen LogP contribution in [0.2, 0.25) is 0 Å². The largest absolute Gasteiger partial charge is 0.457 e. The van der Waals surface area contributed by atoms with Crippen molar-refractivity contribution < 1.29 is 9.84 Å². The van der Waals surface area contributed by atoms with Crippen LogP contribution in [-0.4, -0.2) is 5.11 Å². The Kier molecular flexibility index (Phi) is 3.22. The van der Waals surface area contributed by atoms with E-state index in [1.807, 2.05) is 54.6 Å². The maximum Gasteiger partial charge on any atom is 0.133 e. The van der Waals surface area contributed by atoms with Gasteiger partial charge in [-0.1, -0.05) is 36.4 Å². The number of hydrogen-bond donors (Lipinski definition) is 1. The summed E-state index contributed by atoms with van der Waals surface area (Å²) in [6.45, 7) is 1.73. The second kappa shape index (κ2) is 4.81. The van der Waals surface area contributed by atoms with Crippen LogP contribution in [-0.2, 0) is 0 Å². The third-order valence-corrected chi connectivity index (χ3v) is 2.34. The molecule has 0 fully saturated rings. The van der Waals surface area contributed by atoms with Crippen molar-refractivity contribution in [3.63, 3.8) is 0 Å². The van der Waals surface area contributed by atoms with Gasteiger partial charge >= 0.3 is 0 Å². The number of aliphatic hydroxyl groups excluding tert-OH is 1. The first-order chi connectivity index (χ1) is 7.77. The van der Waals surface area contributed by atoms with E-state index in [4.69, 9.17) is 4.74 Å². The van der Waals surface area contributed by atoms with Crippen LogP contribution in [0.3, 0.4) is 0 Å². The average Bonchev–Trinajstić information content (AvgIpc) is 2.31. The molecule has 2 aromatic rings. The predicted octanol–water partition coefficient (Wildman–Crippen LogP) is 3.53. The Labute approximate surface area is 95.1 Å². The molecule has 0 radical (unpaired) electrons. The Bertz CT molecular complexity index is 449. The van der Waals surface area contributed by atoms with E-state index in [0.29, 0.717) is 5.75 Å². The van der Waals surface area contributed by atoms with Gasteiger partial charge in [0.15, 0.2) is 0 Å². The van der Waals surface area contributed by atoms with Crippen molar-refractivity contribution in [3.05, 3.63) is 60.2 Å². The molecule has 0 amide bonds. The lowest BCUT2D eigenvalue weighted by Gasteiger charge is -2.12. The molecule has 2 rings (SSSR count). The molecule has 0 aliphatic rings. The van der Waals surface area contributed by atoms with Crippen LogP contribution in [0.5, 0.6) is 11.5 Å². The first kappa shape index (κ1) is 10.7. The second-order valence-corrected chi connectivity index (χ2v) is 3.63. The molecular weight excluding hydrogens is 200 g/mol. The Morgan fingerprint density at radius 1 is 0.938 bits per heavy atom. The maximum absolute atomic E-state index is 9.60. The zero-order valence-electron chi connectivity index (χ0n) is 9.13. The van der Waals surface area contributed by atoms with Gasteiger partial charge in [0, 0.05) is 5.56 Å². The van der Waals surface area contributed by atoms with Gasteiger partial charge in [-0.2, -0.15) is 0 Å². The maximum atomic E-state index is 9.60. The summed E-state index contributed by atoms with van der Waals surface area (Å²) >= 11 is 0. The molecule has 2 aromatic carbocycles. The Morgan fingerprint density at radius 2 is 1.56 bits per heavy atom. The molecule has 2 heteroatoms. The van der Waals surface area contributed by atoms with E-state index in [-0.39, 0.29) is 0 Å². The molecule has 16 heavy (non-hydrogen) atoms. The monoisotopic (exact) mass is 214 g/mol. The van der Waals surface area contributed by atoms with Crippen LogP contribution in [0.25, 0.3) is 0 Å². The molecule has 1 atom stereocenters. The molecule has 2 nitrogen and oxygen atoms in total. The zero-order valence-corrected chi connectivity index (χ0v) is 9.13. The lowest BCUT2D eigenvalue weighted by Crippen LogP contribution is -1.95. The van der Waals surface area contributed by atoms with Gasteiger partial charge in [-0.15, -0.1) is 0 Å². The highest BCUT2D eigenvalue weighted by molar-refractivity contribution is 5.38. The highest BCUT2D eigenvalue weighted by Crippen LogP contribution is 2.28. The first-order valence-corrected chi connectivity index (χ1v) is 5.27. The van der Waals surface area contributed by atoms with Crippen molar-refractivity contribution in [2.45, 2.75) is 13.0 Å². The summed E-state index contributed by atoms with van der Waals surface area (Å²) in [6.07, 6.45) is -0.528. The smallest absolute Gasteiger partial charge is 0.133 e. The summed E-state index contributed by atoms with van der Waals surface area (Å²) in [4.78, 5) is 0. The van der Waals surface area contributed by atoms with Crippen molar-refractivity contribution in [1.82, 2.24) is 0 Å². The van der Waals surface area contributed by atoms with Crippen LogP contribution < -0.4 is 4.74 Å². The normalized spacial score (nSPS) is 12.1. The van der Waals surface area contributed by atoms with Crippen LogP contribution >= 0.6 is 0 Å². The fraction of sp³-hybridized carbons (Fsp3) is 0.143. The molecule has 0 spiro atoms. The van der Waals surface area contributed by atoms with Gasteiger partial charge in [-0.3, -0.25) is 0 Å². The van der Waals surface area contributed by atoms with Gasteiger partial charge in [0.1, 0.15) is 11.5 Å². The molecule has 0 aliphatic heterocycles. The Hall–Kier alpha value is -1.80. The average molecular weight is 214 g/mol. The van der Waals surface area contributed by atoms with Crippen molar-refractivity contribution in [1.29, 1.82) is 0 Å². The van der Waals surface area contributed by atoms with E-state index in [0.717, 1.165) is 11.3 Å². The number of benzene rings is 2.